The molecule has 3 heteroatoms. The zero-order chi connectivity index (χ0) is 13.1. The molecule has 0 radical (unpaired) electrons. The number of nitrogens with one attached hydrogen (secondary N) is 1. The Morgan fingerprint density at radius 2 is 2.00 bits per heavy atom. The van der Waals surface area contributed by atoms with Gasteiger partial charge in [-0.05, 0) is 33.2 Å². The number of hydrogen-bond donors (Lipinski definition) is 1. The summed E-state index contributed by atoms with van der Waals surface area (Å²) in [4.78, 5) is 14.4. The maximum atomic E-state index is 12.4. The summed E-state index contributed by atoms with van der Waals surface area (Å²) in [5.41, 5.74) is -0.279. The van der Waals surface area contributed by atoms with Crippen LogP contribution in [0.4, 0.5) is 0 Å². The number of rotatable bonds is 3. The zero-order valence-corrected chi connectivity index (χ0v) is 12.0. The van der Waals surface area contributed by atoms with E-state index < -0.39 is 0 Å². The van der Waals surface area contributed by atoms with Crippen LogP contribution >= 0.6 is 0 Å². The third kappa shape index (κ3) is 4.30. The lowest BCUT2D eigenvalue weighted by molar-refractivity contribution is -0.141. The van der Waals surface area contributed by atoms with Crippen LogP contribution in [0.15, 0.2) is 0 Å². The summed E-state index contributed by atoms with van der Waals surface area (Å²) in [7, 11) is 0. The highest BCUT2D eigenvalue weighted by molar-refractivity contribution is 5.81. The maximum Gasteiger partial charge on any atom is 0.228 e. The van der Waals surface area contributed by atoms with Crippen molar-refractivity contribution in [2.75, 3.05) is 13.1 Å². The zero-order valence-electron chi connectivity index (χ0n) is 12.0. The van der Waals surface area contributed by atoms with Crippen molar-refractivity contribution in [2.24, 2.45) is 5.41 Å². The van der Waals surface area contributed by atoms with Crippen LogP contribution in [0.5, 0.6) is 0 Å². The predicted octanol–water partition coefficient (Wildman–Crippen LogP) is 2.41. The van der Waals surface area contributed by atoms with Gasteiger partial charge in [0.25, 0.3) is 0 Å². The Hall–Kier alpha value is -0.570. The molecule has 1 heterocycles. The molecular formula is C14H28N2O. The van der Waals surface area contributed by atoms with Crippen molar-refractivity contribution in [1.82, 2.24) is 10.2 Å². The summed E-state index contributed by atoms with van der Waals surface area (Å²) in [6.45, 7) is 12.2. The SMILES string of the molecule is CC(C)N(CC1CCCCN1)C(=O)C(C)(C)C. The molecule has 0 saturated carbocycles. The van der Waals surface area contributed by atoms with Crippen LogP contribution in [0.1, 0.15) is 53.9 Å². The monoisotopic (exact) mass is 240 g/mol. The molecule has 0 spiro atoms. The lowest BCUT2D eigenvalue weighted by Gasteiger charge is -2.36. The van der Waals surface area contributed by atoms with Gasteiger partial charge in [-0.1, -0.05) is 27.2 Å². The molecule has 1 aliphatic rings. The number of nitrogens with zero attached hydrogens (tertiary/aromatic N) is 1. The fourth-order valence-corrected chi connectivity index (χ4v) is 2.28. The van der Waals surface area contributed by atoms with Gasteiger partial charge in [-0.25, -0.2) is 0 Å². The number of piperidine rings is 1. The van der Waals surface area contributed by atoms with E-state index in [4.69, 9.17) is 0 Å². The van der Waals surface area contributed by atoms with Crippen LogP contribution in [0, 0.1) is 5.41 Å². The van der Waals surface area contributed by atoms with Gasteiger partial charge in [0.15, 0.2) is 0 Å². The minimum Gasteiger partial charge on any atom is -0.338 e. The van der Waals surface area contributed by atoms with Crippen LogP contribution in [-0.2, 0) is 4.79 Å². The smallest absolute Gasteiger partial charge is 0.228 e. The Bertz CT molecular complexity index is 249. The van der Waals surface area contributed by atoms with Gasteiger partial charge in [0.05, 0.1) is 0 Å². The first-order valence-electron chi connectivity index (χ1n) is 6.87. The summed E-state index contributed by atoms with van der Waals surface area (Å²) in [6, 6.07) is 0.767. The van der Waals surface area contributed by atoms with Gasteiger partial charge < -0.3 is 10.2 Å². The molecular weight excluding hydrogens is 212 g/mol. The molecule has 0 aliphatic carbocycles. The van der Waals surface area contributed by atoms with Crippen LogP contribution in [0.3, 0.4) is 0 Å². The van der Waals surface area contributed by atoms with Gasteiger partial charge >= 0.3 is 0 Å². The topological polar surface area (TPSA) is 32.3 Å². The molecule has 1 aliphatic heterocycles. The predicted molar refractivity (Wildman–Crippen MR) is 71.9 cm³/mol. The van der Waals surface area contributed by atoms with E-state index in [-0.39, 0.29) is 17.4 Å². The van der Waals surface area contributed by atoms with Crippen LogP contribution in [0.2, 0.25) is 0 Å². The second-order valence-corrected chi connectivity index (χ2v) is 6.45. The molecule has 1 saturated heterocycles. The third-order valence-electron chi connectivity index (χ3n) is 3.36. The van der Waals surface area contributed by atoms with Crippen LogP contribution in [0.25, 0.3) is 0 Å². The first-order valence-corrected chi connectivity index (χ1v) is 6.87. The van der Waals surface area contributed by atoms with Crippen molar-refractivity contribution < 1.29 is 4.79 Å². The second kappa shape index (κ2) is 5.85. The van der Waals surface area contributed by atoms with Crippen molar-refractivity contribution in [3.05, 3.63) is 0 Å². The molecule has 0 bridgehead atoms. The fraction of sp³-hybridized carbons (Fsp3) is 0.929. The fourth-order valence-electron chi connectivity index (χ4n) is 2.28. The number of carbonyl (C=O) groups is 1. The van der Waals surface area contributed by atoms with Gasteiger partial charge in [0.1, 0.15) is 0 Å². The largest absolute Gasteiger partial charge is 0.338 e. The molecule has 3 nitrogen and oxygen atoms in total. The summed E-state index contributed by atoms with van der Waals surface area (Å²) in [5, 5.41) is 3.52. The van der Waals surface area contributed by atoms with Crippen molar-refractivity contribution in [1.29, 1.82) is 0 Å². The highest BCUT2D eigenvalue weighted by Gasteiger charge is 2.30. The Kier molecular flexibility index (Phi) is 4.99. The molecule has 1 unspecified atom stereocenters. The summed E-state index contributed by atoms with van der Waals surface area (Å²) in [6.07, 6.45) is 3.75. The minimum absolute atomic E-state index is 0.264. The number of carbonyl (C=O) groups excluding carboxylic acids is 1. The van der Waals surface area contributed by atoms with E-state index >= 15 is 0 Å². The van der Waals surface area contributed by atoms with E-state index in [1.54, 1.807) is 0 Å². The third-order valence-corrected chi connectivity index (χ3v) is 3.36. The Balaban J connectivity index is 2.62. The molecule has 0 aromatic carbocycles. The van der Waals surface area contributed by atoms with E-state index in [1.807, 2.05) is 25.7 Å². The van der Waals surface area contributed by atoms with E-state index in [9.17, 15) is 4.79 Å². The second-order valence-electron chi connectivity index (χ2n) is 6.45. The number of hydrogen-bond acceptors (Lipinski definition) is 2. The standard InChI is InChI=1S/C14H28N2O/c1-11(2)16(13(17)14(3,4)5)10-12-8-6-7-9-15-12/h11-12,15H,6-10H2,1-5H3. The molecule has 1 rings (SSSR count). The van der Waals surface area contributed by atoms with Crippen LogP contribution in [-0.4, -0.2) is 36.0 Å². The van der Waals surface area contributed by atoms with Crippen LogP contribution < -0.4 is 5.32 Å². The van der Waals surface area contributed by atoms with Crippen molar-refractivity contribution in [3.8, 4) is 0 Å². The van der Waals surface area contributed by atoms with Crippen molar-refractivity contribution in [2.45, 2.75) is 66.0 Å². The van der Waals surface area contributed by atoms with E-state index in [1.165, 1.54) is 19.3 Å². The first-order chi connectivity index (χ1) is 7.82. The Morgan fingerprint density at radius 3 is 2.41 bits per heavy atom. The summed E-state index contributed by atoms with van der Waals surface area (Å²) in [5.74, 6) is 0.264. The lowest BCUT2D eigenvalue weighted by Crippen LogP contribution is -2.51. The Morgan fingerprint density at radius 1 is 1.35 bits per heavy atom. The molecule has 17 heavy (non-hydrogen) atoms. The maximum absolute atomic E-state index is 12.4. The summed E-state index contributed by atoms with van der Waals surface area (Å²) < 4.78 is 0. The van der Waals surface area contributed by atoms with Crippen molar-refractivity contribution in [3.63, 3.8) is 0 Å². The van der Waals surface area contributed by atoms with Gasteiger partial charge in [0.2, 0.25) is 5.91 Å². The molecule has 100 valence electrons. The normalized spacial score (nSPS) is 21.6. The van der Waals surface area contributed by atoms with Crippen molar-refractivity contribution >= 4 is 5.91 Å². The van der Waals surface area contributed by atoms with E-state index in [2.05, 4.69) is 19.2 Å². The molecule has 1 N–H and O–H groups in total. The molecule has 1 amide bonds. The average molecular weight is 240 g/mol. The Labute approximate surface area is 106 Å². The average Bonchev–Trinajstić information content (AvgIpc) is 2.24. The highest BCUT2D eigenvalue weighted by atomic mass is 16.2. The number of amides is 1. The minimum atomic E-state index is -0.279. The molecule has 0 aromatic rings. The van der Waals surface area contributed by atoms with E-state index in [0.717, 1.165) is 13.1 Å². The molecule has 0 aromatic heterocycles. The van der Waals surface area contributed by atoms with Gasteiger partial charge in [-0.15, -0.1) is 0 Å². The van der Waals surface area contributed by atoms with Gasteiger partial charge in [-0.2, -0.15) is 0 Å². The van der Waals surface area contributed by atoms with Gasteiger partial charge in [-0.3, -0.25) is 4.79 Å². The highest BCUT2D eigenvalue weighted by Crippen LogP contribution is 2.20. The quantitative estimate of drug-likeness (QED) is 0.821. The summed E-state index contributed by atoms with van der Waals surface area (Å²) >= 11 is 0. The lowest BCUT2D eigenvalue weighted by atomic mass is 9.93. The van der Waals surface area contributed by atoms with Gasteiger partial charge in [0, 0.05) is 24.0 Å². The molecule has 1 fully saturated rings. The first kappa shape index (κ1) is 14.5. The molecule has 1 atom stereocenters. The van der Waals surface area contributed by atoms with E-state index in [0.29, 0.717) is 6.04 Å².